The van der Waals surface area contributed by atoms with Crippen LogP contribution in [0.1, 0.15) is 23.1 Å². The molecule has 19 heavy (non-hydrogen) atoms. The molecule has 0 radical (unpaired) electrons. The van der Waals surface area contributed by atoms with Crippen LogP contribution in [0.4, 0.5) is 0 Å². The van der Waals surface area contributed by atoms with E-state index in [0.29, 0.717) is 11.3 Å². The molecule has 1 heterocycles. The van der Waals surface area contributed by atoms with Gasteiger partial charge in [0.25, 0.3) is 0 Å². The molecule has 1 unspecified atom stereocenters. The number of benzene rings is 1. The van der Waals surface area contributed by atoms with E-state index in [9.17, 15) is 9.90 Å². The van der Waals surface area contributed by atoms with Crippen molar-refractivity contribution in [2.45, 2.75) is 12.6 Å². The zero-order valence-electron chi connectivity index (χ0n) is 10.0. The Labute approximate surface area is 110 Å². The Bertz CT molecular complexity index is 599. The second-order valence-electron chi connectivity index (χ2n) is 3.94. The van der Waals surface area contributed by atoms with Crippen LogP contribution in [0.2, 0.25) is 0 Å². The molecule has 2 rings (SSSR count). The number of aliphatic carboxylic acids is 1. The van der Waals surface area contributed by atoms with Crippen molar-refractivity contribution in [1.82, 2.24) is 5.32 Å². The first-order valence-corrected chi connectivity index (χ1v) is 5.70. The van der Waals surface area contributed by atoms with Crippen molar-refractivity contribution in [3.05, 3.63) is 59.5 Å². The average Bonchev–Trinajstić information content (AvgIpc) is 2.88. The maximum atomic E-state index is 11.2. The molecule has 1 aromatic heterocycles. The van der Waals surface area contributed by atoms with Crippen molar-refractivity contribution in [3.63, 3.8) is 0 Å². The molecule has 0 bridgehead atoms. The van der Waals surface area contributed by atoms with Crippen LogP contribution < -0.4 is 5.32 Å². The third kappa shape index (κ3) is 3.21. The molecule has 0 aliphatic rings. The molecule has 1 aromatic carbocycles. The second kappa shape index (κ2) is 5.85. The topological polar surface area (TPSA) is 86.3 Å². The van der Waals surface area contributed by atoms with Gasteiger partial charge >= 0.3 is 5.97 Å². The number of carbonyl (C=O) groups is 1. The summed E-state index contributed by atoms with van der Waals surface area (Å²) in [5.74, 6) is -0.222. The number of nitriles is 1. The van der Waals surface area contributed by atoms with Gasteiger partial charge in [-0.1, -0.05) is 30.3 Å². The van der Waals surface area contributed by atoms with E-state index in [1.807, 2.05) is 12.1 Å². The van der Waals surface area contributed by atoms with E-state index in [0.717, 1.165) is 0 Å². The Kier molecular flexibility index (Phi) is 3.96. The van der Waals surface area contributed by atoms with E-state index in [1.165, 1.54) is 0 Å². The predicted molar refractivity (Wildman–Crippen MR) is 67.1 cm³/mol. The Morgan fingerprint density at radius 3 is 2.63 bits per heavy atom. The van der Waals surface area contributed by atoms with Gasteiger partial charge in [0.05, 0.1) is 6.54 Å². The Hall–Kier alpha value is -2.58. The van der Waals surface area contributed by atoms with Gasteiger partial charge in [0.2, 0.25) is 5.76 Å². The number of carboxylic acid groups (broad SMARTS) is 1. The third-order valence-corrected chi connectivity index (χ3v) is 2.63. The summed E-state index contributed by atoms with van der Waals surface area (Å²) >= 11 is 0. The molecular weight excluding hydrogens is 244 g/mol. The molecule has 0 amide bonds. The quantitative estimate of drug-likeness (QED) is 0.855. The van der Waals surface area contributed by atoms with Crippen LogP contribution in [0.25, 0.3) is 0 Å². The molecule has 1 atom stereocenters. The number of nitrogens with one attached hydrogen (secondary N) is 1. The summed E-state index contributed by atoms with van der Waals surface area (Å²) in [7, 11) is 0. The SMILES string of the molecule is N#Cc1ccc(CNC(C(=O)O)c2ccccc2)o1. The lowest BCUT2D eigenvalue weighted by Crippen LogP contribution is -2.27. The van der Waals surface area contributed by atoms with Crippen molar-refractivity contribution in [1.29, 1.82) is 5.26 Å². The van der Waals surface area contributed by atoms with Crippen LogP contribution in [-0.2, 0) is 11.3 Å². The first-order valence-electron chi connectivity index (χ1n) is 5.70. The van der Waals surface area contributed by atoms with Crippen molar-refractivity contribution in [2.24, 2.45) is 0 Å². The van der Waals surface area contributed by atoms with Gasteiger partial charge in [-0.2, -0.15) is 5.26 Å². The summed E-state index contributed by atoms with van der Waals surface area (Å²) in [5.41, 5.74) is 0.669. The van der Waals surface area contributed by atoms with Gasteiger partial charge in [0, 0.05) is 0 Å². The average molecular weight is 256 g/mol. The molecule has 5 nitrogen and oxygen atoms in total. The Morgan fingerprint density at radius 1 is 1.32 bits per heavy atom. The van der Waals surface area contributed by atoms with Gasteiger partial charge in [-0.15, -0.1) is 0 Å². The molecule has 0 aliphatic heterocycles. The molecule has 0 saturated heterocycles. The number of carboxylic acids is 1. The Balaban J connectivity index is 2.06. The minimum absolute atomic E-state index is 0.211. The first kappa shape index (κ1) is 12.9. The van der Waals surface area contributed by atoms with Crippen LogP contribution in [-0.4, -0.2) is 11.1 Å². The highest BCUT2D eigenvalue weighted by molar-refractivity contribution is 5.75. The zero-order chi connectivity index (χ0) is 13.7. The number of hydrogen-bond acceptors (Lipinski definition) is 4. The lowest BCUT2D eigenvalue weighted by Gasteiger charge is -2.13. The molecular formula is C14H12N2O3. The lowest BCUT2D eigenvalue weighted by molar-refractivity contribution is -0.139. The summed E-state index contributed by atoms with van der Waals surface area (Å²) in [5, 5.41) is 20.7. The van der Waals surface area contributed by atoms with Crippen LogP contribution in [0.3, 0.4) is 0 Å². The van der Waals surface area contributed by atoms with E-state index >= 15 is 0 Å². The molecule has 2 aromatic rings. The van der Waals surface area contributed by atoms with E-state index in [1.54, 1.807) is 36.4 Å². The molecule has 0 spiro atoms. The van der Waals surface area contributed by atoms with Gasteiger partial charge in [-0.3, -0.25) is 10.1 Å². The maximum Gasteiger partial charge on any atom is 0.325 e. The number of nitrogens with zero attached hydrogens (tertiary/aromatic N) is 1. The standard InChI is InChI=1S/C14H12N2O3/c15-8-11-6-7-12(19-11)9-16-13(14(17)18)10-4-2-1-3-5-10/h1-7,13,16H,9H2,(H,17,18). The highest BCUT2D eigenvalue weighted by atomic mass is 16.4. The normalized spacial score (nSPS) is 11.7. The highest BCUT2D eigenvalue weighted by Gasteiger charge is 2.19. The van der Waals surface area contributed by atoms with Gasteiger partial charge < -0.3 is 9.52 Å². The van der Waals surface area contributed by atoms with Crippen molar-refractivity contribution < 1.29 is 14.3 Å². The van der Waals surface area contributed by atoms with E-state index < -0.39 is 12.0 Å². The molecule has 0 fully saturated rings. The fourth-order valence-electron chi connectivity index (χ4n) is 1.73. The van der Waals surface area contributed by atoms with Crippen LogP contribution in [0.15, 0.2) is 46.9 Å². The lowest BCUT2D eigenvalue weighted by atomic mass is 10.1. The van der Waals surface area contributed by atoms with Gasteiger partial charge in [-0.05, 0) is 17.7 Å². The summed E-state index contributed by atoms with van der Waals surface area (Å²) in [6.07, 6.45) is 0. The highest BCUT2D eigenvalue weighted by Crippen LogP contribution is 2.14. The van der Waals surface area contributed by atoms with Crippen molar-refractivity contribution in [3.8, 4) is 6.07 Å². The smallest absolute Gasteiger partial charge is 0.325 e. The summed E-state index contributed by atoms with van der Waals surface area (Å²) in [6.45, 7) is 0.244. The second-order valence-corrected chi connectivity index (χ2v) is 3.94. The molecule has 96 valence electrons. The third-order valence-electron chi connectivity index (χ3n) is 2.63. The minimum atomic E-state index is -0.960. The Morgan fingerprint density at radius 2 is 2.05 bits per heavy atom. The minimum Gasteiger partial charge on any atom is -0.480 e. The zero-order valence-corrected chi connectivity index (χ0v) is 10.0. The maximum absolute atomic E-state index is 11.2. The van der Waals surface area contributed by atoms with Crippen molar-refractivity contribution in [2.75, 3.05) is 0 Å². The van der Waals surface area contributed by atoms with Gasteiger partial charge in [0.1, 0.15) is 17.9 Å². The van der Waals surface area contributed by atoms with Crippen LogP contribution >= 0.6 is 0 Å². The van der Waals surface area contributed by atoms with Gasteiger partial charge in [0.15, 0.2) is 0 Å². The fraction of sp³-hybridized carbons (Fsp3) is 0.143. The summed E-state index contributed by atoms with van der Waals surface area (Å²) in [6, 6.07) is 13.2. The predicted octanol–water partition coefficient (Wildman–Crippen LogP) is 2.07. The fourth-order valence-corrected chi connectivity index (χ4v) is 1.73. The molecule has 2 N–H and O–H groups in total. The summed E-state index contributed by atoms with van der Waals surface area (Å²) < 4.78 is 5.18. The van der Waals surface area contributed by atoms with Crippen LogP contribution in [0, 0.1) is 11.3 Å². The first-order chi connectivity index (χ1) is 9.20. The largest absolute Gasteiger partial charge is 0.480 e. The van der Waals surface area contributed by atoms with Crippen LogP contribution in [0.5, 0.6) is 0 Å². The van der Waals surface area contributed by atoms with E-state index in [4.69, 9.17) is 9.68 Å². The number of hydrogen-bond donors (Lipinski definition) is 2. The van der Waals surface area contributed by atoms with E-state index in [-0.39, 0.29) is 12.3 Å². The van der Waals surface area contributed by atoms with E-state index in [2.05, 4.69) is 5.32 Å². The number of rotatable bonds is 5. The molecule has 0 aliphatic carbocycles. The number of furan rings is 1. The van der Waals surface area contributed by atoms with Crippen molar-refractivity contribution >= 4 is 5.97 Å². The monoisotopic (exact) mass is 256 g/mol. The molecule has 5 heteroatoms. The molecule has 0 saturated carbocycles. The van der Waals surface area contributed by atoms with Gasteiger partial charge in [-0.25, -0.2) is 0 Å². The summed E-state index contributed by atoms with van der Waals surface area (Å²) in [4.78, 5) is 11.2.